The second kappa shape index (κ2) is 6.94. The van der Waals surface area contributed by atoms with Crippen LogP contribution in [0.2, 0.25) is 0 Å². The van der Waals surface area contributed by atoms with E-state index in [9.17, 15) is 14.0 Å². The molecule has 0 bridgehead atoms. The molecule has 0 aromatic carbocycles. The van der Waals surface area contributed by atoms with Gasteiger partial charge < -0.3 is 10.1 Å². The second-order valence-corrected chi connectivity index (χ2v) is 2.42. The number of ketones is 1. The van der Waals surface area contributed by atoms with Gasteiger partial charge in [0, 0.05) is 6.42 Å². The Morgan fingerprint density at radius 2 is 2.14 bits per heavy atom. The molecular weight excluding hydrogens is 189 g/mol. The van der Waals surface area contributed by atoms with E-state index in [1.165, 1.54) is 0 Å². The maximum absolute atomic E-state index is 12.8. The fourth-order valence-corrected chi connectivity index (χ4v) is 0.697. The van der Waals surface area contributed by atoms with Crippen LogP contribution in [-0.2, 0) is 14.3 Å². The molecular formula is C9H12FNO3. The van der Waals surface area contributed by atoms with Gasteiger partial charge in [-0.1, -0.05) is 0 Å². The first-order valence-corrected chi connectivity index (χ1v) is 4.17. The molecule has 1 N–H and O–H groups in total. The SMILES string of the molecule is CCOC(=O)/C(F)=C/CCC(=O)C=N. The van der Waals surface area contributed by atoms with Gasteiger partial charge in [0.25, 0.3) is 0 Å². The Morgan fingerprint density at radius 1 is 1.50 bits per heavy atom. The molecule has 14 heavy (non-hydrogen) atoms. The van der Waals surface area contributed by atoms with E-state index in [-0.39, 0.29) is 19.4 Å². The van der Waals surface area contributed by atoms with Crippen molar-refractivity contribution < 1.29 is 18.7 Å². The molecule has 0 aromatic heterocycles. The van der Waals surface area contributed by atoms with Gasteiger partial charge >= 0.3 is 5.97 Å². The molecule has 0 aromatic rings. The number of hydrogen-bond donors (Lipinski definition) is 1. The van der Waals surface area contributed by atoms with Crippen molar-refractivity contribution in [3.05, 3.63) is 11.9 Å². The Bertz CT molecular complexity index is 261. The van der Waals surface area contributed by atoms with Crippen molar-refractivity contribution in [2.75, 3.05) is 6.61 Å². The highest BCUT2D eigenvalue weighted by molar-refractivity contribution is 6.26. The van der Waals surface area contributed by atoms with Crippen LogP contribution in [-0.4, -0.2) is 24.6 Å². The number of Topliss-reactive ketones (excluding diaryl/α,β-unsaturated/α-hetero) is 1. The van der Waals surface area contributed by atoms with Crippen molar-refractivity contribution in [3.63, 3.8) is 0 Å². The van der Waals surface area contributed by atoms with Gasteiger partial charge in [-0.2, -0.15) is 4.39 Å². The normalized spacial score (nSPS) is 10.9. The number of carbonyl (C=O) groups excluding carboxylic acids is 2. The molecule has 0 heterocycles. The summed E-state index contributed by atoms with van der Waals surface area (Å²) in [6.45, 7) is 1.68. The lowest BCUT2D eigenvalue weighted by molar-refractivity contribution is -0.140. The van der Waals surface area contributed by atoms with Crippen molar-refractivity contribution in [2.24, 2.45) is 0 Å². The zero-order chi connectivity index (χ0) is 11.0. The fourth-order valence-electron chi connectivity index (χ4n) is 0.697. The highest BCUT2D eigenvalue weighted by atomic mass is 19.1. The number of nitrogens with one attached hydrogen (secondary N) is 1. The number of halogens is 1. The maximum atomic E-state index is 12.8. The monoisotopic (exact) mass is 201 g/mol. The highest BCUT2D eigenvalue weighted by Gasteiger charge is 2.08. The van der Waals surface area contributed by atoms with Crippen LogP contribution in [0, 0.1) is 5.41 Å². The lowest BCUT2D eigenvalue weighted by Gasteiger charge is -1.97. The summed E-state index contributed by atoms with van der Waals surface area (Å²) in [6, 6.07) is 0. The molecule has 0 atom stereocenters. The number of hydrogen-bond acceptors (Lipinski definition) is 4. The van der Waals surface area contributed by atoms with Gasteiger partial charge in [-0.05, 0) is 19.4 Å². The molecule has 5 heteroatoms. The van der Waals surface area contributed by atoms with E-state index in [0.717, 1.165) is 6.08 Å². The molecule has 0 saturated heterocycles. The molecule has 4 nitrogen and oxygen atoms in total. The molecule has 0 radical (unpaired) electrons. The van der Waals surface area contributed by atoms with Gasteiger partial charge in [0.05, 0.1) is 12.8 Å². The van der Waals surface area contributed by atoms with Crippen LogP contribution in [0.1, 0.15) is 19.8 Å². The van der Waals surface area contributed by atoms with Gasteiger partial charge in [0.2, 0.25) is 5.83 Å². The smallest absolute Gasteiger partial charge is 0.366 e. The van der Waals surface area contributed by atoms with Crippen LogP contribution in [0.3, 0.4) is 0 Å². The summed E-state index contributed by atoms with van der Waals surface area (Å²) in [5.41, 5.74) is 0. The standard InChI is InChI=1S/C9H12FNO3/c1-2-14-9(13)8(10)5-3-4-7(12)6-11/h5-6,11H,2-4H2,1H3/b8-5-,11-6?. The quantitative estimate of drug-likeness (QED) is 0.401. The topological polar surface area (TPSA) is 67.2 Å². The summed E-state index contributed by atoms with van der Waals surface area (Å²) in [7, 11) is 0. The molecule has 0 amide bonds. The third-order valence-corrected chi connectivity index (χ3v) is 1.35. The predicted octanol–water partition coefficient (Wildman–Crippen LogP) is 1.40. The lowest BCUT2D eigenvalue weighted by atomic mass is 10.2. The van der Waals surface area contributed by atoms with E-state index in [2.05, 4.69) is 4.74 Å². The third-order valence-electron chi connectivity index (χ3n) is 1.35. The average Bonchev–Trinajstić information content (AvgIpc) is 2.17. The van der Waals surface area contributed by atoms with Crippen LogP contribution in [0.5, 0.6) is 0 Å². The van der Waals surface area contributed by atoms with E-state index in [1.807, 2.05) is 0 Å². The van der Waals surface area contributed by atoms with Crippen molar-refractivity contribution in [1.29, 1.82) is 5.41 Å². The summed E-state index contributed by atoms with van der Waals surface area (Å²) in [6.07, 6.45) is 1.77. The largest absolute Gasteiger partial charge is 0.461 e. The van der Waals surface area contributed by atoms with Crippen molar-refractivity contribution in [3.8, 4) is 0 Å². The number of ether oxygens (including phenoxy) is 1. The van der Waals surface area contributed by atoms with Crippen molar-refractivity contribution in [2.45, 2.75) is 19.8 Å². The molecule has 0 aliphatic heterocycles. The number of esters is 1. The summed E-state index contributed by atoms with van der Waals surface area (Å²) in [5.74, 6) is -2.42. The molecule has 0 unspecified atom stereocenters. The molecule has 0 rings (SSSR count). The van der Waals surface area contributed by atoms with Crippen molar-refractivity contribution >= 4 is 18.0 Å². The van der Waals surface area contributed by atoms with Crippen LogP contribution in [0.15, 0.2) is 11.9 Å². The van der Waals surface area contributed by atoms with E-state index in [1.54, 1.807) is 6.92 Å². The molecule has 0 aliphatic carbocycles. The van der Waals surface area contributed by atoms with Gasteiger partial charge in [-0.3, -0.25) is 4.79 Å². The Hall–Kier alpha value is -1.52. The Morgan fingerprint density at radius 3 is 2.64 bits per heavy atom. The van der Waals surface area contributed by atoms with E-state index < -0.39 is 17.6 Å². The van der Waals surface area contributed by atoms with Gasteiger partial charge in [-0.15, -0.1) is 0 Å². The van der Waals surface area contributed by atoms with E-state index >= 15 is 0 Å². The summed E-state index contributed by atoms with van der Waals surface area (Å²) < 4.78 is 17.1. The first kappa shape index (κ1) is 12.5. The predicted molar refractivity (Wildman–Crippen MR) is 48.8 cm³/mol. The molecule has 0 spiro atoms. The van der Waals surface area contributed by atoms with Crippen molar-refractivity contribution in [1.82, 2.24) is 0 Å². The van der Waals surface area contributed by atoms with Gasteiger partial charge in [-0.25, -0.2) is 4.79 Å². The van der Waals surface area contributed by atoms with E-state index in [4.69, 9.17) is 5.41 Å². The number of carbonyl (C=O) groups is 2. The van der Waals surface area contributed by atoms with Crippen LogP contribution in [0.4, 0.5) is 4.39 Å². The Labute approximate surface area is 81.3 Å². The fraction of sp³-hybridized carbons (Fsp3) is 0.444. The van der Waals surface area contributed by atoms with Gasteiger partial charge in [0.15, 0.2) is 5.78 Å². The minimum atomic E-state index is -1.02. The second-order valence-electron chi connectivity index (χ2n) is 2.42. The lowest BCUT2D eigenvalue weighted by Crippen LogP contribution is -2.04. The number of allylic oxidation sites excluding steroid dienone is 1. The zero-order valence-electron chi connectivity index (χ0n) is 7.88. The molecule has 0 fully saturated rings. The van der Waals surface area contributed by atoms with Crippen LogP contribution < -0.4 is 0 Å². The molecule has 78 valence electrons. The highest BCUT2D eigenvalue weighted by Crippen LogP contribution is 2.03. The first-order chi connectivity index (χ1) is 6.61. The Kier molecular flexibility index (Phi) is 6.19. The molecule has 0 aliphatic rings. The summed E-state index contributed by atoms with van der Waals surface area (Å²) in [4.78, 5) is 21.3. The number of rotatable bonds is 6. The minimum Gasteiger partial charge on any atom is -0.461 e. The summed E-state index contributed by atoms with van der Waals surface area (Å²) >= 11 is 0. The first-order valence-electron chi connectivity index (χ1n) is 4.17. The maximum Gasteiger partial charge on any atom is 0.366 e. The van der Waals surface area contributed by atoms with E-state index in [0.29, 0.717) is 6.21 Å². The zero-order valence-corrected chi connectivity index (χ0v) is 7.88. The molecule has 0 saturated carbocycles. The van der Waals surface area contributed by atoms with Crippen LogP contribution >= 0.6 is 0 Å². The summed E-state index contributed by atoms with van der Waals surface area (Å²) in [5, 5.41) is 6.56. The third kappa shape index (κ3) is 5.18. The Balaban J connectivity index is 3.93. The average molecular weight is 201 g/mol. The van der Waals surface area contributed by atoms with Gasteiger partial charge in [0.1, 0.15) is 0 Å². The van der Waals surface area contributed by atoms with Crippen LogP contribution in [0.25, 0.3) is 0 Å². The minimum absolute atomic E-state index is 0.0241.